The third kappa shape index (κ3) is 3.30. The number of aromatic nitrogens is 1. The first-order valence-electron chi connectivity index (χ1n) is 8.78. The Kier molecular flexibility index (Phi) is 4.72. The number of benzene rings is 3. The molecule has 4 rings (SSSR count). The maximum Gasteiger partial charge on any atom is 0.265 e. The number of nitrogens with zero attached hydrogens (tertiary/aromatic N) is 2. The minimum Gasteiger partial charge on any atom is -0.494 e. The van der Waals surface area contributed by atoms with Gasteiger partial charge in [-0.15, -0.1) is 0 Å². The Hall–Kier alpha value is -3.37. The highest BCUT2D eigenvalue weighted by atomic mass is 35.5. The molecule has 0 aliphatic rings. The fourth-order valence-corrected chi connectivity index (χ4v) is 3.38. The Labute approximate surface area is 167 Å². The van der Waals surface area contributed by atoms with Crippen LogP contribution in [0.1, 0.15) is 11.1 Å². The van der Waals surface area contributed by atoms with E-state index in [9.17, 15) is 9.90 Å². The van der Waals surface area contributed by atoms with E-state index >= 15 is 0 Å². The maximum absolute atomic E-state index is 13.0. The van der Waals surface area contributed by atoms with E-state index < -0.39 is 0 Å². The number of hydrogen-bond acceptors (Lipinski definition) is 3. The van der Waals surface area contributed by atoms with Crippen molar-refractivity contribution in [1.29, 1.82) is 0 Å². The predicted octanol–water partition coefficient (Wildman–Crippen LogP) is 5.41. The molecule has 4 aromatic rings. The van der Waals surface area contributed by atoms with Crippen molar-refractivity contribution in [2.75, 3.05) is 0 Å². The first-order chi connectivity index (χ1) is 13.5. The molecule has 4 nitrogen and oxygen atoms in total. The second-order valence-corrected chi connectivity index (χ2v) is 6.94. The summed E-state index contributed by atoms with van der Waals surface area (Å²) in [6, 6.07) is 21.7. The highest BCUT2D eigenvalue weighted by Gasteiger charge is 2.16. The number of rotatable bonds is 3. The fourth-order valence-electron chi connectivity index (χ4n) is 3.19. The van der Waals surface area contributed by atoms with Gasteiger partial charge in [-0.2, -0.15) is 0 Å². The summed E-state index contributed by atoms with van der Waals surface area (Å²) in [4.78, 5) is 17.6. The van der Waals surface area contributed by atoms with Gasteiger partial charge in [-0.25, -0.2) is 4.57 Å². The largest absolute Gasteiger partial charge is 0.494 e. The van der Waals surface area contributed by atoms with E-state index in [0.717, 1.165) is 11.3 Å². The van der Waals surface area contributed by atoms with Crippen LogP contribution in [0.4, 0.5) is 5.69 Å². The second kappa shape index (κ2) is 7.33. The topological polar surface area (TPSA) is 54.6 Å². The number of aromatic hydroxyl groups is 1. The van der Waals surface area contributed by atoms with Gasteiger partial charge >= 0.3 is 0 Å². The molecular formula is C23H17ClN2O2. The Morgan fingerprint density at radius 3 is 2.46 bits per heavy atom. The number of fused-ring (bicyclic) bond motifs is 1. The Morgan fingerprint density at radius 1 is 0.964 bits per heavy atom. The molecule has 0 saturated heterocycles. The van der Waals surface area contributed by atoms with Crippen LogP contribution < -0.4 is 5.56 Å². The summed E-state index contributed by atoms with van der Waals surface area (Å²) in [5.74, 6) is -0.178. The quantitative estimate of drug-likeness (QED) is 0.477. The van der Waals surface area contributed by atoms with E-state index in [1.165, 1.54) is 4.57 Å². The Morgan fingerprint density at radius 2 is 1.71 bits per heavy atom. The van der Waals surface area contributed by atoms with E-state index in [4.69, 9.17) is 11.6 Å². The van der Waals surface area contributed by atoms with Crippen LogP contribution in [-0.4, -0.2) is 15.9 Å². The van der Waals surface area contributed by atoms with Gasteiger partial charge in [0.15, 0.2) is 0 Å². The van der Waals surface area contributed by atoms with Crippen LogP contribution in [0.5, 0.6) is 5.88 Å². The second-order valence-electron chi connectivity index (χ2n) is 6.50. The van der Waals surface area contributed by atoms with E-state index in [-0.39, 0.29) is 11.4 Å². The number of aryl methyl sites for hydroxylation is 1. The molecule has 0 fully saturated rings. The summed E-state index contributed by atoms with van der Waals surface area (Å²) in [6.07, 6.45) is 1.59. The monoisotopic (exact) mass is 388 g/mol. The number of pyridine rings is 1. The van der Waals surface area contributed by atoms with Crippen molar-refractivity contribution < 1.29 is 5.11 Å². The molecule has 1 N–H and O–H groups in total. The summed E-state index contributed by atoms with van der Waals surface area (Å²) in [7, 11) is 0. The van der Waals surface area contributed by atoms with Crippen molar-refractivity contribution in [3.63, 3.8) is 0 Å². The number of hydrogen-bond donors (Lipinski definition) is 1. The first kappa shape index (κ1) is 18.0. The average Bonchev–Trinajstić information content (AvgIpc) is 2.68. The van der Waals surface area contributed by atoms with Gasteiger partial charge in [0.25, 0.3) is 5.56 Å². The molecule has 0 atom stereocenters. The molecule has 1 aromatic heterocycles. The first-order valence-corrected chi connectivity index (χ1v) is 9.16. The van der Waals surface area contributed by atoms with E-state index in [2.05, 4.69) is 4.99 Å². The standard InChI is InChI=1S/C23H17ClN2O2/c1-15-6-4-8-17(12-15)25-14-21-19-10-2-3-11-20(19)22(27)26(23(21)28)18-9-5-7-16(24)13-18/h2-14,28H,1H3. The molecule has 5 heteroatoms. The van der Waals surface area contributed by atoms with Gasteiger partial charge in [0.1, 0.15) is 0 Å². The zero-order valence-electron chi connectivity index (χ0n) is 15.1. The molecule has 28 heavy (non-hydrogen) atoms. The summed E-state index contributed by atoms with van der Waals surface area (Å²) in [6.45, 7) is 1.99. The summed E-state index contributed by atoms with van der Waals surface area (Å²) in [5.41, 5.74) is 2.50. The van der Waals surface area contributed by atoms with Gasteiger partial charge < -0.3 is 5.11 Å². The Bertz CT molecular complexity index is 1280. The minimum absolute atomic E-state index is 0.178. The van der Waals surface area contributed by atoms with Crippen molar-refractivity contribution in [2.24, 2.45) is 4.99 Å². The van der Waals surface area contributed by atoms with Gasteiger partial charge in [0.05, 0.1) is 16.9 Å². The molecule has 3 aromatic carbocycles. The van der Waals surface area contributed by atoms with Crippen molar-refractivity contribution in [3.05, 3.63) is 99.3 Å². The third-order valence-corrected chi connectivity index (χ3v) is 4.75. The minimum atomic E-state index is -0.317. The van der Waals surface area contributed by atoms with Crippen molar-refractivity contribution in [2.45, 2.75) is 6.92 Å². The Balaban J connectivity index is 1.99. The van der Waals surface area contributed by atoms with Crippen LogP contribution in [0.15, 0.2) is 82.6 Å². The lowest BCUT2D eigenvalue weighted by molar-refractivity contribution is 0.436. The van der Waals surface area contributed by atoms with Crippen molar-refractivity contribution >= 4 is 34.3 Å². The van der Waals surface area contributed by atoms with Crippen LogP contribution in [0.2, 0.25) is 5.02 Å². The lowest BCUT2D eigenvalue weighted by atomic mass is 10.1. The van der Waals surface area contributed by atoms with Gasteiger partial charge in [-0.3, -0.25) is 9.79 Å². The molecular weight excluding hydrogens is 372 g/mol. The molecule has 138 valence electrons. The number of aliphatic imine (C=N–C) groups is 1. The molecule has 0 amide bonds. The fraction of sp³-hybridized carbons (Fsp3) is 0.0435. The smallest absolute Gasteiger partial charge is 0.265 e. The predicted molar refractivity (Wildman–Crippen MR) is 115 cm³/mol. The van der Waals surface area contributed by atoms with Crippen LogP contribution in [0, 0.1) is 6.92 Å². The average molecular weight is 389 g/mol. The SMILES string of the molecule is Cc1cccc(N=Cc2c(O)n(-c3cccc(Cl)c3)c(=O)c3ccccc23)c1. The maximum atomic E-state index is 13.0. The van der Waals surface area contributed by atoms with Gasteiger partial charge in [0, 0.05) is 22.0 Å². The van der Waals surface area contributed by atoms with E-state index in [1.54, 1.807) is 48.7 Å². The molecule has 0 aliphatic heterocycles. The summed E-state index contributed by atoms with van der Waals surface area (Å²) in [5, 5.41) is 12.6. The zero-order valence-corrected chi connectivity index (χ0v) is 15.9. The highest BCUT2D eigenvalue weighted by molar-refractivity contribution is 6.30. The molecule has 0 unspecified atom stereocenters. The summed E-state index contributed by atoms with van der Waals surface area (Å²) < 4.78 is 1.26. The highest BCUT2D eigenvalue weighted by Crippen LogP contribution is 2.27. The van der Waals surface area contributed by atoms with Crippen LogP contribution in [0.3, 0.4) is 0 Å². The van der Waals surface area contributed by atoms with Gasteiger partial charge in [-0.05, 0) is 48.9 Å². The molecule has 0 spiro atoms. The normalized spacial score (nSPS) is 11.4. The molecule has 0 bridgehead atoms. The van der Waals surface area contributed by atoms with Gasteiger partial charge in [0.2, 0.25) is 5.88 Å². The molecule has 0 radical (unpaired) electrons. The van der Waals surface area contributed by atoms with Crippen molar-refractivity contribution in [3.8, 4) is 11.6 Å². The zero-order chi connectivity index (χ0) is 19.7. The third-order valence-electron chi connectivity index (χ3n) is 4.51. The number of halogens is 1. The van der Waals surface area contributed by atoms with Crippen molar-refractivity contribution in [1.82, 2.24) is 4.57 Å². The summed E-state index contributed by atoms with van der Waals surface area (Å²) >= 11 is 6.09. The molecule has 0 saturated carbocycles. The van der Waals surface area contributed by atoms with Crippen LogP contribution in [-0.2, 0) is 0 Å². The van der Waals surface area contributed by atoms with E-state index in [1.807, 2.05) is 37.3 Å². The van der Waals surface area contributed by atoms with E-state index in [0.29, 0.717) is 27.0 Å². The van der Waals surface area contributed by atoms with Crippen LogP contribution >= 0.6 is 11.6 Å². The molecule has 0 aliphatic carbocycles. The lowest BCUT2D eigenvalue weighted by Crippen LogP contribution is -2.20. The lowest BCUT2D eigenvalue weighted by Gasteiger charge is -2.14. The molecule has 1 heterocycles. The van der Waals surface area contributed by atoms with Crippen LogP contribution in [0.25, 0.3) is 16.5 Å². The van der Waals surface area contributed by atoms with Gasteiger partial charge in [-0.1, -0.05) is 48.0 Å².